The molecule has 1 aromatic rings. The Hall–Kier alpha value is -1.06. The standard InChI is InChI=1S/C28H49N5O2S/c1-3-4-5-16-36-25-18-23(12-11-20(25)2)31-26-13-14-29-28(33-26)32-22-9-6-8-21(17-22)27(34)30-19-24-10-7-15-35-24/h7,10,15,20-23,25-26,28-29,31-33H,3-6,8-9,11-14,16-19H2,1-2H3,(H,30,34). The van der Waals surface area contributed by atoms with Crippen LogP contribution in [0.25, 0.3) is 0 Å². The Labute approximate surface area is 222 Å². The molecule has 0 radical (unpaired) electrons. The number of carbonyl (C=O) groups excluding carboxylic acids is 1. The zero-order valence-electron chi connectivity index (χ0n) is 22.4. The maximum absolute atomic E-state index is 12.7. The van der Waals surface area contributed by atoms with Gasteiger partial charge in [-0.3, -0.25) is 26.1 Å². The van der Waals surface area contributed by atoms with Gasteiger partial charge in [-0.2, -0.15) is 11.8 Å². The SMILES string of the molecule is CCCCCSC1CC(NC2CCNC(NC3CCCC(C(=O)NCc4ccco4)C3)N2)CCC1C. The zero-order chi connectivity index (χ0) is 25.2. The van der Waals surface area contributed by atoms with Crippen molar-refractivity contribution in [2.75, 3.05) is 12.3 Å². The molecule has 0 aromatic carbocycles. The highest BCUT2D eigenvalue weighted by Crippen LogP contribution is 2.34. The molecule has 2 heterocycles. The van der Waals surface area contributed by atoms with Crippen molar-refractivity contribution in [1.29, 1.82) is 0 Å². The highest BCUT2D eigenvalue weighted by atomic mass is 32.2. The van der Waals surface area contributed by atoms with Crippen LogP contribution < -0.4 is 26.6 Å². The minimum absolute atomic E-state index is 0.0692. The molecule has 7 nitrogen and oxygen atoms in total. The summed E-state index contributed by atoms with van der Waals surface area (Å²) in [6.45, 7) is 6.21. The minimum Gasteiger partial charge on any atom is -0.467 e. The summed E-state index contributed by atoms with van der Waals surface area (Å²) in [5.41, 5.74) is 0. The highest BCUT2D eigenvalue weighted by molar-refractivity contribution is 7.99. The molecule has 3 fully saturated rings. The Morgan fingerprint density at radius 1 is 1.11 bits per heavy atom. The summed E-state index contributed by atoms with van der Waals surface area (Å²) in [6.07, 6.45) is 15.2. The Kier molecular flexibility index (Phi) is 11.5. The van der Waals surface area contributed by atoms with Crippen molar-refractivity contribution in [3.63, 3.8) is 0 Å². The Morgan fingerprint density at radius 3 is 2.83 bits per heavy atom. The number of amides is 1. The number of unbranched alkanes of at least 4 members (excludes halogenated alkanes) is 2. The first-order valence-electron chi connectivity index (χ1n) is 14.5. The average Bonchev–Trinajstić information content (AvgIpc) is 3.41. The Balaban J connectivity index is 1.18. The van der Waals surface area contributed by atoms with Crippen molar-refractivity contribution in [3.8, 4) is 0 Å². The molecule has 0 spiro atoms. The maximum atomic E-state index is 12.7. The molecule has 36 heavy (non-hydrogen) atoms. The van der Waals surface area contributed by atoms with Gasteiger partial charge in [-0.15, -0.1) is 0 Å². The van der Waals surface area contributed by atoms with Gasteiger partial charge in [0.25, 0.3) is 0 Å². The molecule has 5 N–H and O–H groups in total. The molecule has 8 heteroatoms. The van der Waals surface area contributed by atoms with Crippen LogP contribution in [0.15, 0.2) is 22.8 Å². The number of thioether (sulfide) groups is 1. The predicted molar refractivity (Wildman–Crippen MR) is 148 cm³/mol. The largest absolute Gasteiger partial charge is 0.467 e. The van der Waals surface area contributed by atoms with Gasteiger partial charge in [-0.05, 0) is 75.2 Å². The molecule has 1 aromatic heterocycles. The van der Waals surface area contributed by atoms with Crippen LogP contribution >= 0.6 is 11.8 Å². The van der Waals surface area contributed by atoms with Crippen LogP contribution in [0, 0.1) is 11.8 Å². The van der Waals surface area contributed by atoms with E-state index in [4.69, 9.17) is 4.42 Å². The number of hydrogen-bond acceptors (Lipinski definition) is 7. The molecule has 7 unspecified atom stereocenters. The summed E-state index contributed by atoms with van der Waals surface area (Å²) in [4.78, 5) is 12.7. The second-order valence-corrected chi connectivity index (χ2v) is 12.5. The first-order valence-corrected chi connectivity index (χ1v) is 15.6. The van der Waals surface area contributed by atoms with E-state index in [0.29, 0.717) is 24.8 Å². The van der Waals surface area contributed by atoms with Gasteiger partial charge in [0, 0.05) is 29.8 Å². The summed E-state index contributed by atoms with van der Waals surface area (Å²) in [6, 6.07) is 4.71. The molecule has 3 aliphatic rings. The second-order valence-electron chi connectivity index (χ2n) is 11.2. The molecular formula is C28H49N5O2S. The van der Waals surface area contributed by atoms with E-state index in [2.05, 4.69) is 52.2 Å². The van der Waals surface area contributed by atoms with Crippen LogP contribution in [0.2, 0.25) is 0 Å². The highest BCUT2D eigenvalue weighted by Gasteiger charge is 2.32. The van der Waals surface area contributed by atoms with Crippen LogP contribution in [0.5, 0.6) is 0 Å². The van der Waals surface area contributed by atoms with Crippen LogP contribution in [-0.2, 0) is 11.3 Å². The fourth-order valence-corrected chi connectivity index (χ4v) is 7.54. The minimum atomic E-state index is 0.0692. The summed E-state index contributed by atoms with van der Waals surface area (Å²) < 4.78 is 5.34. The molecule has 2 aliphatic carbocycles. The molecule has 204 valence electrons. The number of nitrogens with one attached hydrogen (secondary N) is 5. The quantitative estimate of drug-likeness (QED) is 0.263. The molecule has 2 saturated carbocycles. The van der Waals surface area contributed by atoms with E-state index in [1.54, 1.807) is 6.26 Å². The number of carbonyl (C=O) groups is 1. The normalized spacial score (nSPS) is 33.3. The van der Waals surface area contributed by atoms with E-state index in [1.165, 1.54) is 44.3 Å². The third kappa shape index (κ3) is 8.76. The summed E-state index contributed by atoms with van der Waals surface area (Å²) >= 11 is 2.22. The fourth-order valence-electron chi connectivity index (χ4n) is 6.04. The van der Waals surface area contributed by atoms with E-state index >= 15 is 0 Å². The Bertz CT molecular complexity index is 763. The molecule has 0 bridgehead atoms. The van der Waals surface area contributed by atoms with Gasteiger partial charge < -0.3 is 9.73 Å². The van der Waals surface area contributed by atoms with Crippen molar-refractivity contribution in [1.82, 2.24) is 26.6 Å². The lowest BCUT2D eigenvalue weighted by Gasteiger charge is -2.41. The van der Waals surface area contributed by atoms with E-state index in [0.717, 1.165) is 55.6 Å². The first kappa shape index (κ1) is 28.0. The summed E-state index contributed by atoms with van der Waals surface area (Å²) in [5.74, 6) is 3.17. The van der Waals surface area contributed by atoms with Gasteiger partial charge in [-0.25, -0.2) is 0 Å². The van der Waals surface area contributed by atoms with Gasteiger partial charge in [0.15, 0.2) is 0 Å². The summed E-state index contributed by atoms with van der Waals surface area (Å²) in [7, 11) is 0. The van der Waals surface area contributed by atoms with E-state index in [-0.39, 0.29) is 18.1 Å². The van der Waals surface area contributed by atoms with Gasteiger partial charge in [0.2, 0.25) is 5.91 Å². The van der Waals surface area contributed by atoms with Crippen LogP contribution in [0.3, 0.4) is 0 Å². The number of hydrogen-bond donors (Lipinski definition) is 5. The van der Waals surface area contributed by atoms with Crippen molar-refractivity contribution in [3.05, 3.63) is 24.2 Å². The number of rotatable bonds is 12. The van der Waals surface area contributed by atoms with Gasteiger partial charge in [-0.1, -0.05) is 33.1 Å². The maximum Gasteiger partial charge on any atom is 0.223 e. The van der Waals surface area contributed by atoms with E-state index in [1.807, 2.05) is 12.1 Å². The molecule has 7 atom stereocenters. The molecule has 1 aliphatic heterocycles. The van der Waals surface area contributed by atoms with E-state index in [9.17, 15) is 4.79 Å². The number of furan rings is 1. The smallest absolute Gasteiger partial charge is 0.223 e. The van der Waals surface area contributed by atoms with Gasteiger partial charge in [0.05, 0.1) is 19.0 Å². The third-order valence-electron chi connectivity index (χ3n) is 8.25. The monoisotopic (exact) mass is 519 g/mol. The Morgan fingerprint density at radius 2 is 2.00 bits per heavy atom. The summed E-state index contributed by atoms with van der Waals surface area (Å²) in [5, 5.41) is 18.9. The zero-order valence-corrected chi connectivity index (χ0v) is 23.2. The fraction of sp³-hybridized carbons (Fsp3) is 0.821. The topological polar surface area (TPSA) is 90.4 Å². The first-order chi connectivity index (χ1) is 17.6. The van der Waals surface area contributed by atoms with Crippen molar-refractivity contribution in [2.24, 2.45) is 11.8 Å². The third-order valence-corrected chi connectivity index (χ3v) is 9.86. The second kappa shape index (κ2) is 14.8. The van der Waals surface area contributed by atoms with Gasteiger partial charge in [0.1, 0.15) is 12.0 Å². The molecular weight excluding hydrogens is 470 g/mol. The average molecular weight is 520 g/mol. The lowest BCUT2D eigenvalue weighted by atomic mass is 9.85. The van der Waals surface area contributed by atoms with Crippen molar-refractivity contribution >= 4 is 17.7 Å². The molecule has 4 rings (SSSR count). The lowest BCUT2D eigenvalue weighted by molar-refractivity contribution is -0.126. The van der Waals surface area contributed by atoms with Crippen molar-refractivity contribution < 1.29 is 9.21 Å². The molecule has 1 saturated heterocycles. The van der Waals surface area contributed by atoms with Crippen molar-refractivity contribution in [2.45, 2.75) is 121 Å². The van der Waals surface area contributed by atoms with Gasteiger partial charge >= 0.3 is 0 Å². The molecule has 1 amide bonds. The predicted octanol–water partition coefficient (Wildman–Crippen LogP) is 4.31. The van der Waals surface area contributed by atoms with Crippen LogP contribution in [-0.4, -0.2) is 48.0 Å². The van der Waals surface area contributed by atoms with Crippen LogP contribution in [0.1, 0.15) is 90.2 Å². The van der Waals surface area contributed by atoms with Crippen LogP contribution in [0.4, 0.5) is 0 Å². The lowest BCUT2D eigenvalue weighted by Crippen LogP contribution is -2.67. The van der Waals surface area contributed by atoms with E-state index < -0.39 is 0 Å².